The molecule has 0 saturated heterocycles. The van der Waals surface area contributed by atoms with Gasteiger partial charge >= 0.3 is 0 Å². The standard InChI is InChI=1S/C9H4BrCl2N3O3/c10-7-8(12)4(11)3-5(15(17)18)9(7)14-6(16)1-2-13/h3H,1H2,(H,14,16). The van der Waals surface area contributed by atoms with E-state index in [1.54, 1.807) is 6.07 Å². The number of halogens is 3. The topological polar surface area (TPSA) is 96.0 Å². The molecule has 1 aromatic rings. The van der Waals surface area contributed by atoms with E-state index in [9.17, 15) is 14.9 Å². The number of hydrogen-bond donors (Lipinski definition) is 1. The maximum atomic E-state index is 11.3. The molecule has 0 aliphatic heterocycles. The largest absolute Gasteiger partial charge is 0.318 e. The van der Waals surface area contributed by atoms with Crippen molar-refractivity contribution in [3.63, 3.8) is 0 Å². The van der Waals surface area contributed by atoms with Crippen molar-refractivity contribution in [2.24, 2.45) is 0 Å². The summed E-state index contributed by atoms with van der Waals surface area (Å²) in [5, 5.41) is 21.5. The number of carbonyl (C=O) groups is 1. The third kappa shape index (κ3) is 3.10. The van der Waals surface area contributed by atoms with Crippen molar-refractivity contribution in [2.75, 3.05) is 5.32 Å². The summed E-state index contributed by atoms with van der Waals surface area (Å²) in [5.41, 5.74) is -0.544. The lowest BCUT2D eigenvalue weighted by Gasteiger charge is -2.09. The number of nitriles is 1. The maximum absolute atomic E-state index is 11.3. The van der Waals surface area contributed by atoms with Gasteiger partial charge in [0.2, 0.25) is 5.91 Å². The van der Waals surface area contributed by atoms with Crippen LogP contribution in [0.3, 0.4) is 0 Å². The molecule has 0 fully saturated rings. The Bertz CT molecular complexity index is 571. The van der Waals surface area contributed by atoms with Gasteiger partial charge in [0.15, 0.2) is 0 Å². The van der Waals surface area contributed by atoms with Gasteiger partial charge in [-0.05, 0) is 15.9 Å². The number of nitro groups is 1. The monoisotopic (exact) mass is 351 g/mol. The second-order valence-electron chi connectivity index (χ2n) is 3.02. The van der Waals surface area contributed by atoms with Gasteiger partial charge in [-0.1, -0.05) is 23.2 Å². The Hall–Kier alpha value is -1.36. The lowest BCUT2D eigenvalue weighted by molar-refractivity contribution is -0.384. The molecule has 1 rings (SSSR count). The van der Waals surface area contributed by atoms with Gasteiger partial charge in [-0.3, -0.25) is 14.9 Å². The fourth-order valence-corrected chi connectivity index (χ4v) is 2.08. The molecule has 9 heteroatoms. The van der Waals surface area contributed by atoms with Crippen LogP contribution in [0, 0.1) is 21.4 Å². The summed E-state index contributed by atoms with van der Waals surface area (Å²) in [6.45, 7) is 0. The highest BCUT2D eigenvalue weighted by Crippen LogP contribution is 2.42. The van der Waals surface area contributed by atoms with Crippen LogP contribution in [-0.4, -0.2) is 10.8 Å². The number of nitrogens with zero attached hydrogens (tertiary/aromatic N) is 2. The summed E-state index contributed by atoms with van der Waals surface area (Å²) in [5.74, 6) is -0.681. The Morgan fingerprint density at radius 2 is 2.22 bits per heavy atom. The van der Waals surface area contributed by atoms with Crippen molar-refractivity contribution in [3.05, 3.63) is 30.7 Å². The summed E-state index contributed by atoms with van der Waals surface area (Å²) in [7, 11) is 0. The van der Waals surface area contributed by atoms with Crippen molar-refractivity contribution in [1.82, 2.24) is 0 Å². The van der Waals surface area contributed by atoms with E-state index in [4.69, 9.17) is 28.5 Å². The number of hydrogen-bond acceptors (Lipinski definition) is 4. The van der Waals surface area contributed by atoms with Crippen LogP contribution in [0.1, 0.15) is 6.42 Å². The molecule has 94 valence electrons. The van der Waals surface area contributed by atoms with Gasteiger partial charge in [0, 0.05) is 6.07 Å². The molecule has 0 unspecified atom stereocenters. The van der Waals surface area contributed by atoms with Gasteiger partial charge in [-0.2, -0.15) is 5.26 Å². The molecule has 0 aromatic heterocycles. The highest BCUT2D eigenvalue weighted by atomic mass is 79.9. The molecule has 1 aromatic carbocycles. The van der Waals surface area contributed by atoms with E-state index < -0.39 is 22.9 Å². The third-order valence-corrected chi connectivity index (χ3v) is 3.65. The molecule has 0 aliphatic rings. The zero-order valence-electron chi connectivity index (χ0n) is 8.54. The van der Waals surface area contributed by atoms with E-state index in [0.29, 0.717) is 0 Å². The summed E-state index contributed by atoms with van der Waals surface area (Å²) in [6, 6.07) is 2.65. The van der Waals surface area contributed by atoms with Gasteiger partial charge in [-0.25, -0.2) is 0 Å². The van der Waals surface area contributed by atoms with Gasteiger partial charge in [-0.15, -0.1) is 0 Å². The Morgan fingerprint density at radius 1 is 1.61 bits per heavy atom. The van der Waals surface area contributed by atoms with Crippen molar-refractivity contribution in [1.29, 1.82) is 5.26 Å². The average Bonchev–Trinajstić information content (AvgIpc) is 2.29. The molecule has 1 N–H and O–H groups in total. The number of nitro benzene ring substituents is 1. The van der Waals surface area contributed by atoms with E-state index in [2.05, 4.69) is 21.2 Å². The third-order valence-electron chi connectivity index (χ3n) is 1.84. The van der Waals surface area contributed by atoms with E-state index in [0.717, 1.165) is 6.07 Å². The minimum absolute atomic E-state index is 0.0199. The van der Waals surface area contributed by atoms with Crippen LogP contribution >= 0.6 is 39.1 Å². The first-order valence-corrected chi connectivity index (χ1v) is 5.92. The first kappa shape index (κ1) is 14.7. The Kier molecular flexibility index (Phi) is 4.90. The molecule has 0 saturated carbocycles. The SMILES string of the molecule is N#CCC(=O)Nc1c([N+](=O)[O-])cc(Cl)c(Cl)c1Br. The van der Waals surface area contributed by atoms with Gasteiger partial charge in [0.1, 0.15) is 12.1 Å². The Labute approximate surface area is 120 Å². The van der Waals surface area contributed by atoms with Crippen LogP contribution < -0.4 is 5.32 Å². The van der Waals surface area contributed by atoms with Crippen LogP contribution in [0.15, 0.2) is 10.5 Å². The van der Waals surface area contributed by atoms with Crippen LogP contribution in [0.4, 0.5) is 11.4 Å². The van der Waals surface area contributed by atoms with Crippen LogP contribution in [-0.2, 0) is 4.79 Å². The van der Waals surface area contributed by atoms with Gasteiger partial charge in [0.25, 0.3) is 5.69 Å². The average molecular weight is 353 g/mol. The van der Waals surface area contributed by atoms with Gasteiger partial charge < -0.3 is 5.32 Å². The molecule has 0 radical (unpaired) electrons. The number of anilines is 1. The first-order valence-electron chi connectivity index (χ1n) is 4.37. The van der Waals surface area contributed by atoms with Crippen LogP contribution in [0.25, 0.3) is 0 Å². The number of benzene rings is 1. The van der Waals surface area contributed by atoms with Crippen molar-refractivity contribution >= 4 is 56.4 Å². The van der Waals surface area contributed by atoms with Crippen molar-refractivity contribution in [2.45, 2.75) is 6.42 Å². The fourth-order valence-electron chi connectivity index (χ4n) is 1.10. The van der Waals surface area contributed by atoms with E-state index in [1.807, 2.05) is 0 Å². The summed E-state index contributed by atoms with van der Waals surface area (Å²) >= 11 is 14.5. The molecule has 0 spiro atoms. The number of amides is 1. The highest BCUT2D eigenvalue weighted by molar-refractivity contribution is 9.10. The second-order valence-corrected chi connectivity index (χ2v) is 4.60. The zero-order valence-corrected chi connectivity index (χ0v) is 11.6. The molecule has 6 nitrogen and oxygen atoms in total. The van der Waals surface area contributed by atoms with Gasteiger partial charge in [0.05, 0.1) is 25.5 Å². The summed E-state index contributed by atoms with van der Waals surface area (Å²) in [4.78, 5) is 21.4. The number of carbonyl (C=O) groups excluding carboxylic acids is 1. The molecule has 0 atom stereocenters. The van der Waals surface area contributed by atoms with Crippen LogP contribution in [0.5, 0.6) is 0 Å². The zero-order chi connectivity index (χ0) is 13.9. The first-order chi connectivity index (χ1) is 8.38. The normalized spacial score (nSPS) is 9.67. The Balaban J connectivity index is 3.32. The van der Waals surface area contributed by atoms with E-state index in [-0.39, 0.29) is 20.2 Å². The van der Waals surface area contributed by atoms with Crippen molar-refractivity contribution < 1.29 is 9.72 Å². The lowest BCUT2D eigenvalue weighted by Crippen LogP contribution is -2.12. The molecule has 0 heterocycles. The predicted octanol–water partition coefficient (Wildman–Crippen LogP) is 3.52. The quantitative estimate of drug-likeness (QED) is 0.511. The van der Waals surface area contributed by atoms with E-state index in [1.165, 1.54) is 0 Å². The minimum Gasteiger partial charge on any atom is -0.318 e. The van der Waals surface area contributed by atoms with E-state index >= 15 is 0 Å². The molecular weight excluding hydrogens is 349 g/mol. The number of nitrogens with one attached hydrogen (secondary N) is 1. The van der Waals surface area contributed by atoms with Crippen LogP contribution in [0.2, 0.25) is 10.0 Å². The fraction of sp³-hybridized carbons (Fsp3) is 0.111. The second kappa shape index (κ2) is 6.00. The lowest BCUT2D eigenvalue weighted by atomic mass is 10.2. The molecule has 0 aliphatic carbocycles. The maximum Gasteiger partial charge on any atom is 0.295 e. The minimum atomic E-state index is -0.713. The molecule has 18 heavy (non-hydrogen) atoms. The molecule has 0 bridgehead atoms. The molecular formula is C9H4BrCl2N3O3. The smallest absolute Gasteiger partial charge is 0.295 e. The summed E-state index contributed by atoms with van der Waals surface area (Å²) < 4.78 is 0.0923. The summed E-state index contributed by atoms with van der Waals surface area (Å²) in [6.07, 6.45) is -0.427. The van der Waals surface area contributed by atoms with Crippen molar-refractivity contribution in [3.8, 4) is 6.07 Å². The Morgan fingerprint density at radius 3 is 2.72 bits per heavy atom. The molecule has 1 amide bonds. The number of rotatable bonds is 3. The predicted molar refractivity (Wildman–Crippen MR) is 69.7 cm³/mol. The highest BCUT2D eigenvalue weighted by Gasteiger charge is 2.23.